The van der Waals surface area contributed by atoms with E-state index in [9.17, 15) is 14.0 Å². The van der Waals surface area contributed by atoms with Crippen molar-refractivity contribution in [3.8, 4) is 0 Å². The summed E-state index contributed by atoms with van der Waals surface area (Å²) in [6.45, 7) is 7.14. The van der Waals surface area contributed by atoms with E-state index < -0.39 is 0 Å². The first kappa shape index (κ1) is 22.6. The fourth-order valence-corrected chi connectivity index (χ4v) is 6.05. The van der Waals surface area contributed by atoms with Gasteiger partial charge in [0, 0.05) is 57.5 Å². The lowest BCUT2D eigenvalue weighted by molar-refractivity contribution is -0.139. The highest BCUT2D eigenvalue weighted by Gasteiger charge is 2.49. The Morgan fingerprint density at radius 1 is 1.06 bits per heavy atom. The summed E-state index contributed by atoms with van der Waals surface area (Å²) in [5, 5.41) is 6.57. The number of piperazine rings is 1. The van der Waals surface area contributed by atoms with Gasteiger partial charge in [-0.1, -0.05) is 0 Å². The molecule has 4 aliphatic heterocycles. The highest BCUT2D eigenvalue weighted by atomic mass is 19.1. The molecule has 180 valence electrons. The second kappa shape index (κ2) is 9.58. The number of hydrogen-bond donors (Lipinski definition) is 2. The first-order valence-electron chi connectivity index (χ1n) is 12.6. The molecule has 0 unspecified atom stereocenters. The average molecular weight is 458 g/mol. The Hall–Kier alpha value is -2.19. The van der Waals surface area contributed by atoms with Crippen LogP contribution in [0.2, 0.25) is 0 Å². The van der Waals surface area contributed by atoms with Gasteiger partial charge in [-0.3, -0.25) is 14.5 Å². The number of benzene rings is 1. The quantitative estimate of drug-likeness (QED) is 0.703. The first-order chi connectivity index (χ1) is 16.0. The maximum atomic E-state index is 13.2. The van der Waals surface area contributed by atoms with Gasteiger partial charge in [0.25, 0.3) is 0 Å². The van der Waals surface area contributed by atoms with Crippen molar-refractivity contribution in [3.63, 3.8) is 0 Å². The van der Waals surface area contributed by atoms with Gasteiger partial charge in [0.05, 0.1) is 11.5 Å². The monoisotopic (exact) mass is 457 g/mol. The van der Waals surface area contributed by atoms with Crippen LogP contribution in [0.3, 0.4) is 0 Å². The Kier molecular flexibility index (Phi) is 6.56. The van der Waals surface area contributed by atoms with E-state index in [-0.39, 0.29) is 35.1 Å². The number of carbonyl (C=O) groups excluding carboxylic acids is 2. The van der Waals surface area contributed by atoms with E-state index >= 15 is 0 Å². The van der Waals surface area contributed by atoms with Gasteiger partial charge < -0.3 is 20.4 Å². The minimum atomic E-state index is -0.286. The van der Waals surface area contributed by atoms with Gasteiger partial charge in [-0.05, 0) is 69.3 Å². The summed E-state index contributed by atoms with van der Waals surface area (Å²) in [4.78, 5) is 32.3. The third-order valence-corrected chi connectivity index (χ3v) is 8.20. The van der Waals surface area contributed by atoms with Crippen molar-refractivity contribution in [3.05, 3.63) is 30.1 Å². The summed E-state index contributed by atoms with van der Waals surface area (Å²) in [5.41, 5.74) is 0.792. The molecule has 0 saturated carbocycles. The molecule has 1 aromatic carbocycles. The standard InChI is InChI=1S/C25H36FN5O2/c26-19-3-5-21(6-4-19)30-16-14-29(15-17-30)11-7-20-18-25(24(33)28-20)8-12-31(13-9-25)23(32)22-2-1-10-27-22/h3-6,20,22,27H,1-2,7-18H2,(H,28,33)/t20-,22-/m0/s1. The van der Waals surface area contributed by atoms with Gasteiger partial charge in [0.2, 0.25) is 11.8 Å². The SMILES string of the molecule is O=C([C@@H]1CCCN1)N1CCC2(CC1)C[C@H](CCN1CCN(c3ccc(F)cc3)CC1)NC2=O. The van der Waals surface area contributed by atoms with Crippen LogP contribution in [0, 0.1) is 11.2 Å². The fourth-order valence-electron chi connectivity index (χ4n) is 6.05. The van der Waals surface area contributed by atoms with Crippen LogP contribution in [0.5, 0.6) is 0 Å². The number of hydrogen-bond acceptors (Lipinski definition) is 5. The molecule has 2 atom stereocenters. The smallest absolute Gasteiger partial charge is 0.239 e. The Bertz CT molecular complexity index is 841. The van der Waals surface area contributed by atoms with Crippen molar-refractivity contribution in [2.45, 2.75) is 50.6 Å². The predicted octanol–water partition coefficient (Wildman–Crippen LogP) is 1.59. The Morgan fingerprint density at radius 3 is 2.45 bits per heavy atom. The van der Waals surface area contributed by atoms with Crippen LogP contribution >= 0.6 is 0 Å². The summed E-state index contributed by atoms with van der Waals surface area (Å²) >= 11 is 0. The maximum Gasteiger partial charge on any atom is 0.239 e. The van der Waals surface area contributed by atoms with Crippen LogP contribution in [0.1, 0.15) is 38.5 Å². The molecule has 1 spiro atoms. The molecule has 4 aliphatic rings. The highest BCUT2D eigenvalue weighted by molar-refractivity contribution is 5.86. The Morgan fingerprint density at radius 2 is 1.79 bits per heavy atom. The second-order valence-electron chi connectivity index (χ2n) is 10.2. The predicted molar refractivity (Wildman–Crippen MR) is 125 cm³/mol. The first-order valence-corrected chi connectivity index (χ1v) is 12.6. The minimum Gasteiger partial charge on any atom is -0.369 e. The molecular formula is C25H36FN5O2. The summed E-state index contributed by atoms with van der Waals surface area (Å²) in [6, 6.07) is 6.95. The third-order valence-electron chi connectivity index (χ3n) is 8.20. The van der Waals surface area contributed by atoms with E-state index in [1.807, 2.05) is 17.0 Å². The van der Waals surface area contributed by atoms with Gasteiger partial charge in [-0.2, -0.15) is 0 Å². The zero-order valence-electron chi connectivity index (χ0n) is 19.4. The largest absolute Gasteiger partial charge is 0.369 e. The van der Waals surface area contributed by atoms with Crippen LogP contribution in [0.25, 0.3) is 0 Å². The van der Waals surface area contributed by atoms with E-state index in [4.69, 9.17) is 0 Å². The third kappa shape index (κ3) is 4.87. The van der Waals surface area contributed by atoms with Gasteiger partial charge >= 0.3 is 0 Å². The van der Waals surface area contributed by atoms with Crippen LogP contribution in [0.15, 0.2) is 24.3 Å². The molecule has 4 saturated heterocycles. The number of nitrogens with one attached hydrogen (secondary N) is 2. The molecule has 1 aromatic rings. The molecular weight excluding hydrogens is 421 g/mol. The van der Waals surface area contributed by atoms with Crippen LogP contribution in [-0.4, -0.2) is 86.1 Å². The van der Waals surface area contributed by atoms with Gasteiger partial charge in [0.1, 0.15) is 5.82 Å². The number of likely N-dealkylation sites (tertiary alicyclic amines) is 1. The molecule has 4 fully saturated rings. The molecule has 8 heteroatoms. The number of halogens is 1. The van der Waals surface area contributed by atoms with Crippen molar-refractivity contribution in [1.82, 2.24) is 20.4 Å². The molecule has 2 amide bonds. The second-order valence-corrected chi connectivity index (χ2v) is 10.2. The Labute approximate surface area is 195 Å². The summed E-state index contributed by atoms with van der Waals surface area (Å²) in [6.07, 6.45) is 5.43. The van der Waals surface area contributed by atoms with E-state index in [1.165, 1.54) is 12.1 Å². The number of piperidine rings is 1. The molecule has 0 bridgehead atoms. The van der Waals surface area contributed by atoms with Crippen molar-refractivity contribution < 1.29 is 14.0 Å². The molecule has 2 N–H and O–H groups in total. The highest BCUT2D eigenvalue weighted by Crippen LogP contribution is 2.41. The number of anilines is 1. The van der Waals surface area contributed by atoms with Crippen molar-refractivity contribution >= 4 is 17.5 Å². The lowest BCUT2D eigenvalue weighted by Crippen LogP contribution is -2.50. The fraction of sp³-hybridized carbons (Fsp3) is 0.680. The van der Waals surface area contributed by atoms with Crippen LogP contribution < -0.4 is 15.5 Å². The molecule has 4 heterocycles. The van der Waals surface area contributed by atoms with Crippen molar-refractivity contribution in [1.29, 1.82) is 0 Å². The van der Waals surface area contributed by atoms with Crippen molar-refractivity contribution in [2.75, 3.05) is 57.3 Å². The van der Waals surface area contributed by atoms with Gasteiger partial charge in [0.15, 0.2) is 0 Å². The van der Waals surface area contributed by atoms with E-state index in [1.54, 1.807) is 0 Å². The van der Waals surface area contributed by atoms with Crippen molar-refractivity contribution in [2.24, 2.45) is 5.41 Å². The summed E-state index contributed by atoms with van der Waals surface area (Å²) in [5.74, 6) is 0.216. The lowest BCUT2D eigenvalue weighted by atomic mass is 9.75. The van der Waals surface area contributed by atoms with E-state index in [0.29, 0.717) is 13.1 Å². The zero-order chi connectivity index (χ0) is 22.8. The molecule has 5 rings (SSSR count). The van der Waals surface area contributed by atoms with Gasteiger partial charge in [-0.25, -0.2) is 4.39 Å². The molecule has 7 nitrogen and oxygen atoms in total. The minimum absolute atomic E-state index is 0.0206. The molecule has 0 aliphatic carbocycles. The summed E-state index contributed by atoms with van der Waals surface area (Å²) < 4.78 is 13.2. The lowest BCUT2D eigenvalue weighted by Gasteiger charge is -2.38. The zero-order valence-corrected chi connectivity index (χ0v) is 19.4. The van der Waals surface area contributed by atoms with Crippen LogP contribution in [0.4, 0.5) is 10.1 Å². The number of rotatable bonds is 5. The van der Waals surface area contributed by atoms with E-state index in [0.717, 1.165) is 83.5 Å². The molecule has 0 radical (unpaired) electrons. The van der Waals surface area contributed by atoms with E-state index in [2.05, 4.69) is 20.4 Å². The average Bonchev–Trinajstić information content (AvgIpc) is 3.48. The normalized spacial score (nSPS) is 27.8. The van der Waals surface area contributed by atoms with Crippen LogP contribution in [-0.2, 0) is 9.59 Å². The number of carbonyl (C=O) groups is 2. The summed E-state index contributed by atoms with van der Waals surface area (Å²) in [7, 11) is 0. The van der Waals surface area contributed by atoms with Gasteiger partial charge in [-0.15, -0.1) is 0 Å². The topological polar surface area (TPSA) is 67.9 Å². The molecule has 33 heavy (non-hydrogen) atoms. The molecule has 0 aromatic heterocycles. The number of amides is 2. The maximum absolute atomic E-state index is 13.2. The Balaban J connectivity index is 1.06. The number of nitrogens with zero attached hydrogens (tertiary/aromatic N) is 3.